The number of fused-ring (bicyclic) bond motifs is 1. The molecule has 11 nitrogen and oxygen atoms in total. The lowest BCUT2D eigenvalue weighted by Gasteiger charge is -2.16. The zero-order valence-corrected chi connectivity index (χ0v) is 23.0. The van der Waals surface area contributed by atoms with E-state index >= 15 is 0 Å². The first-order valence-corrected chi connectivity index (χ1v) is 13.4. The molecule has 0 saturated heterocycles. The van der Waals surface area contributed by atoms with E-state index in [4.69, 9.17) is 4.74 Å². The first kappa shape index (κ1) is 29.4. The van der Waals surface area contributed by atoms with Crippen molar-refractivity contribution in [3.05, 3.63) is 48.3 Å². The molecule has 1 saturated carbocycles. The summed E-state index contributed by atoms with van der Waals surface area (Å²) in [6, 6.07) is 8.68. The lowest BCUT2D eigenvalue weighted by atomic mass is 10.2. The second-order valence-corrected chi connectivity index (χ2v) is 11.2. The van der Waals surface area contributed by atoms with Gasteiger partial charge in [0, 0.05) is 19.3 Å². The number of rotatable bonds is 10. The van der Waals surface area contributed by atoms with Gasteiger partial charge in [-0.3, -0.25) is 0 Å². The molecule has 1 aliphatic carbocycles. The Labute approximate surface area is 230 Å². The molecule has 1 aromatic carbocycles. The molecule has 1 fully saturated rings. The normalized spacial score (nSPS) is 14.8. The maximum atomic E-state index is 13.5. The van der Waals surface area contributed by atoms with Gasteiger partial charge >= 0.3 is 0 Å². The van der Waals surface area contributed by atoms with Crippen molar-refractivity contribution in [2.24, 2.45) is 5.92 Å². The molecule has 38 heavy (non-hydrogen) atoms. The summed E-state index contributed by atoms with van der Waals surface area (Å²) in [5.74, 6) is 1.81. The molecule has 206 valence electrons. The molecule has 1 aliphatic rings. The number of anilines is 3. The zero-order valence-electron chi connectivity index (χ0n) is 21.2. The Morgan fingerprint density at radius 1 is 1.13 bits per heavy atom. The van der Waals surface area contributed by atoms with Crippen LogP contribution in [0.5, 0.6) is 0 Å². The summed E-state index contributed by atoms with van der Waals surface area (Å²) >= 11 is 0. The molecule has 1 unspecified atom stereocenters. The SMILES string of the molecule is C.COCC(C)n1cc(Nc2nc(N[C@@H](C)C3CC3)c3ccn(S(=O)(=O)c4ccc(C)cc4)c3n2)nn1.S. The average molecular weight is 561 g/mol. The van der Waals surface area contributed by atoms with Crippen molar-refractivity contribution >= 4 is 52.1 Å². The fourth-order valence-electron chi connectivity index (χ4n) is 4.09. The van der Waals surface area contributed by atoms with E-state index < -0.39 is 10.0 Å². The molecular weight excluding hydrogens is 524 g/mol. The van der Waals surface area contributed by atoms with Crippen LogP contribution in [-0.2, 0) is 14.8 Å². The number of methoxy groups -OCH3 is 1. The number of hydrogen-bond acceptors (Lipinski definition) is 9. The Balaban J connectivity index is 0.00000200. The number of ether oxygens (including phenoxy) is 1. The van der Waals surface area contributed by atoms with Gasteiger partial charge in [0.15, 0.2) is 11.5 Å². The highest BCUT2D eigenvalue weighted by Gasteiger charge is 2.29. The minimum absolute atomic E-state index is 0. The van der Waals surface area contributed by atoms with Crippen LogP contribution < -0.4 is 10.6 Å². The number of benzene rings is 1. The van der Waals surface area contributed by atoms with Crippen molar-refractivity contribution in [1.82, 2.24) is 28.9 Å². The Bertz CT molecular complexity index is 1480. The molecule has 0 radical (unpaired) electrons. The highest BCUT2D eigenvalue weighted by molar-refractivity contribution is 7.90. The molecule has 13 heteroatoms. The molecule has 2 atom stereocenters. The van der Waals surface area contributed by atoms with Crippen LogP contribution in [0.1, 0.15) is 45.7 Å². The van der Waals surface area contributed by atoms with Gasteiger partial charge in [0.25, 0.3) is 10.0 Å². The molecule has 3 aromatic heterocycles. The maximum absolute atomic E-state index is 13.5. The standard InChI is InChI=1S/C24H30N8O3S.CH4.H2S/c1-15-5-9-19(10-6-15)36(33,34)32-12-11-20-22(25-17(3)18-7-8-18)27-24(28-23(20)32)26-21-13-31(30-29-21)16(2)14-35-4;;/h5-6,9-13,16-18H,7-8,14H2,1-4H3,(H2,25,26,27,28);1H4;1H2/t16?,17-;;/m0../s1. The minimum Gasteiger partial charge on any atom is -0.382 e. The van der Waals surface area contributed by atoms with Crippen LogP contribution in [0.4, 0.5) is 17.6 Å². The topological polar surface area (TPSA) is 129 Å². The molecule has 2 N–H and O–H groups in total. The summed E-state index contributed by atoms with van der Waals surface area (Å²) in [5.41, 5.74) is 1.26. The second-order valence-electron chi connectivity index (χ2n) is 9.35. The van der Waals surface area contributed by atoms with Crippen molar-refractivity contribution in [2.45, 2.75) is 58.0 Å². The highest BCUT2D eigenvalue weighted by Crippen LogP contribution is 2.35. The fraction of sp³-hybridized carbons (Fsp3) is 0.440. The van der Waals surface area contributed by atoms with Crippen LogP contribution >= 0.6 is 13.5 Å². The van der Waals surface area contributed by atoms with E-state index in [0.717, 1.165) is 5.56 Å². The predicted molar refractivity (Wildman–Crippen MR) is 154 cm³/mol. The molecular formula is C25H36N8O3S2. The lowest BCUT2D eigenvalue weighted by Crippen LogP contribution is -2.19. The van der Waals surface area contributed by atoms with Crippen molar-refractivity contribution in [3.63, 3.8) is 0 Å². The molecule has 3 heterocycles. The van der Waals surface area contributed by atoms with E-state index in [1.807, 2.05) is 13.8 Å². The summed E-state index contributed by atoms with van der Waals surface area (Å²) in [6.07, 6.45) is 5.59. The predicted octanol–water partition coefficient (Wildman–Crippen LogP) is 4.48. The van der Waals surface area contributed by atoms with E-state index in [1.54, 1.807) is 48.3 Å². The van der Waals surface area contributed by atoms with Gasteiger partial charge in [-0.25, -0.2) is 17.1 Å². The smallest absolute Gasteiger partial charge is 0.269 e. The van der Waals surface area contributed by atoms with E-state index in [0.29, 0.717) is 29.5 Å². The van der Waals surface area contributed by atoms with Crippen LogP contribution in [-0.4, -0.2) is 57.1 Å². The second kappa shape index (κ2) is 11.7. The van der Waals surface area contributed by atoms with Crippen LogP contribution in [0.3, 0.4) is 0 Å². The first-order valence-electron chi connectivity index (χ1n) is 11.9. The molecule has 0 aliphatic heterocycles. The van der Waals surface area contributed by atoms with Gasteiger partial charge in [0.1, 0.15) is 5.82 Å². The Morgan fingerprint density at radius 2 is 1.84 bits per heavy atom. The minimum atomic E-state index is -3.87. The van der Waals surface area contributed by atoms with Gasteiger partial charge < -0.3 is 15.4 Å². The van der Waals surface area contributed by atoms with E-state index in [2.05, 4.69) is 37.8 Å². The van der Waals surface area contributed by atoms with Crippen molar-refractivity contribution in [3.8, 4) is 0 Å². The summed E-state index contributed by atoms with van der Waals surface area (Å²) in [4.78, 5) is 9.44. The zero-order chi connectivity index (χ0) is 25.4. The third-order valence-electron chi connectivity index (χ3n) is 6.39. The largest absolute Gasteiger partial charge is 0.382 e. The van der Waals surface area contributed by atoms with Crippen LogP contribution in [0.15, 0.2) is 47.6 Å². The number of nitrogens with zero attached hydrogens (tertiary/aromatic N) is 6. The third-order valence-corrected chi connectivity index (χ3v) is 8.07. The summed E-state index contributed by atoms with van der Waals surface area (Å²) in [6.45, 7) is 6.48. The van der Waals surface area contributed by atoms with Crippen molar-refractivity contribution < 1.29 is 13.2 Å². The Kier molecular flexibility index (Phi) is 9.05. The molecule has 0 bridgehead atoms. The fourth-order valence-corrected chi connectivity index (χ4v) is 5.38. The first-order chi connectivity index (χ1) is 17.3. The summed E-state index contributed by atoms with van der Waals surface area (Å²) < 4.78 is 35.1. The summed E-state index contributed by atoms with van der Waals surface area (Å²) in [5, 5.41) is 15.5. The highest BCUT2D eigenvalue weighted by atomic mass is 32.2. The van der Waals surface area contributed by atoms with Crippen LogP contribution in [0.25, 0.3) is 11.0 Å². The van der Waals surface area contributed by atoms with Gasteiger partial charge in [-0.05, 0) is 57.7 Å². The van der Waals surface area contributed by atoms with Crippen molar-refractivity contribution in [1.29, 1.82) is 0 Å². The van der Waals surface area contributed by atoms with E-state index in [-0.39, 0.29) is 49.5 Å². The van der Waals surface area contributed by atoms with E-state index in [9.17, 15) is 8.42 Å². The number of aromatic nitrogens is 6. The van der Waals surface area contributed by atoms with Crippen LogP contribution in [0, 0.1) is 12.8 Å². The van der Waals surface area contributed by atoms with Gasteiger partial charge in [0.05, 0.1) is 29.1 Å². The quantitative estimate of drug-likeness (QED) is 0.288. The average Bonchev–Trinajstić information content (AvgIpc) is 3.44. The van der Waals surface area contributed by atoms with Gasteiger partial charge in [-0.1, -0.05) is 30.3 Å². The Hall–Kier alpha value is -3.16. The third kappa shape index (κ3) is 5.94. The summed E-state index contributed by atoms with van der Waals surface area (Å²) in [7, 11) is -2.23. The molecule has 0 amide bonds. The van der Waals surface area contributed by atoms with E-state index in [1.165, 1.54) is 23.0 Å². The van der Waals surface area contributed by atoms with Crippen LogP contribution in [0.2, 0.25) is 0 Å². The van der Waals surface area contributed by atoms with Gasteiger partial charge in [0.2, 0.25) is 5.95 Å². The monoisotopic (exact) mass is 560 g/mol. The van der Waals surface area contributed by atoms with Gasteiger partial charge in [-0.2, -0.15) is 23.5 Å². The van der Waals surface area contributed by atoms with Gasteiger partial charge in [-0.15, -0.1) is 5.10 Å². The molecule has 5 rings (SSSR count). The Morgan fingerprint density at radius 3 is 2.50 bits per heavy atom. The van der Waals surface area contributed by atoms with Crippen molar-refractivity contribution in [2.75, 3.05) is 24.4 Å². The number of hydrogen-bond donors (Lipinski definition) is 2. The number of nitrogens with one attached hydrogen (secondary N) is 2. The number of aryl methyl sites for hydroxylation is 1. The molecule has 4 aromatic rings. The molecule has 0 spiro atoms. The lowest BCUT2D eigenvalue weighted by molar-refractivity contribution is 0.156. The maximum Gasteiger partial charge on any atom is 0.269 e.